The lowest BCUT2D eigenvalue weighted by molar-refractivity contribution is 0.445. The minimum atomic E-state index is -0.273. The van der Waals surface area contributed by atoms with E-state index >= 15 is 0 Å². The fraction of sp³-hybridized carbons (Fsp3) is 0.400. The third-order valence-electron chi connectivity index (χ3n) is 2.13. The van der Waals surface area contributed by atoms with Gasteiger partial charge in [-0.1, -0.05) is 0 Å². The smallest absolute Gasteiger partial charge is 0.120 e. The number of benzene rings is 1. The van der Waals surface area contributed by atoms with Crippen molar-refractivity contribution < 1.29 is 10.2 Å². The summed E-state index contributed by atoms with van der Waals surface area (Å²) in [5, 5.41) is 18.7. The molecule has 0 aliphatic carbocycles. The molecule has 0 unspecified atom stereocenters. The standard InChI is InChI=1S/C10H16N2O2/c11-5-1-2-9(12)8-6-7(13)3-4-10(8)14/h3-4,6,9,13-14H,1-2,5,11-12H2/t9-/m1/s1. The van der Waals surface area contributed by atoms with Crippen LogP contribution in [0.1, 0.15) is 24.4 Å². The number of phenolic OH excluding ortho intramolecular Hbond substituents is 2. The van der Waals surface area contributed by atoms with Gasteiger partial charge >= 0.3 is 0 Å². The second-order valence-corrected chi connectivity index (χ2v) is 3.28. The first-order valence-electron chi connectivity index (χ1n) is 4.62. The summed E-state index contributed by atoms with van der Waals surface area (Å²) in [6.07, 6.45) is 1.50. The lowest BCUT2D eigenvalue weighted by Gasteiger charge is -2.13. The van der Waals surface area contributed by atoms with Crippen LogP contribution < -0.4 is 11.5 Å². The Kier molecular flexibility index (Phi) is 3.73. The zero-order valence-corrected chi connectivity index (χ0v) is 7.98. The Balaban J connectivity index is 2.77. The predicted molar refractivity (Wildman–Crippen MR) is 55.0 cm³/mol. The van der Waals surface area contributed by atoms with E-state index in [0.717, 1.165) is 6.42 Å². The maximum atomic E-state index is 9.48. The van der Waals surface area contributed by atoms with E-state index in [-0.39, 0.29) is 17.5 Å². The average molecular weight is 196 g/mol. The molecule has 4 heteroatoms. The number of rotatable bonds is 4. The van der Waals surface area contributed by atoms with Crippen molar-refractivity contribution in [1.29, 1.82) is 0 Å². The number of aromatic hydroxyl groups is 2. The average Bonchev–Trinajstić information content (AvgIpc) is 2.18. The van der Waals surface area contributed by atoms with Crippen LogP contribution >= 0.6 is 0 Å². The summed E-state index contributed by atoms with van der Waals surface area (Å²) < 4.78 is 0. The molecule has 0 spiro atoms. The lowest BCUT2D eigenvalue weighted by Crippen LogP contribution is -2.12. The van der Waals surface area contributed by atoms with Gasteiger partial charge in [0.25, 0.3) is 0 Å². The van der Waals surface area contributed by atoms with Crippen molar-refractivity contribution in [3.8, 4) is 11.5 Å². The van der Waals surface area contributed by atoms with Gasteiger partial charge in [0.05, 0.1) is 0 Å². The Hall–Kier alpha value is -1.26. The van der Waals surface area contributed by atoms with Crippen LogP contribution in [-0.2, 0) is 0 Å². The maximum Gasteiger partial charge on any atom is 0.120 e. The fourth-order valence-corrected chi connectivity index (χ4v) is 1.33. The number of phenols is 2. The van der Waals surface area contributed by atoms with Crippen molar-refractivity contribution in [2.75, 3.05) is 6.54 Å². The van der Waals surface area contributed by atoms with Crippen LogP contribution in [0.25, 0.3) is 0 Å². The molecular formula is C10H16N2O2. The highest BCUT2D eigenvalue weighted by atomic mass is 16.3. The highest BCUT2D eigenvalue weighted by Gasteiger charge is 2.10. The van der Waals surface area contributed by atoms with Gasteiger partial charge in [0.2, 0.25) is 0 Å². The van der Waals surface area contributed by atoms with Crippen LogP contribution in [0.2, 0.25) is 0 Å². The largest absolute Gasteiger partial charge is 0.508 e. The summed E-state index contributed by atoms with van der Waals surface area (Å²) in [5.74, 6) is 0.230. The van der Waals surface area contributed by atoms with Crippen molar-refractivity contribution in [2.24, 2.45) is 11.5 Å². The molecule has 6 N–H and O–H groups in total. The van der Waals surface area contributed by atoms with E-state index in [4.69, 9.17) is 11.5 Å². The molecule has 1 atom stereocenters. The van der Waals surface area contributed by atoms with E-state index in [0.29, 0.717) is 18.5 Å². The van der Waals surface area contributed by atoms with Gasteiger partial charge in [-0.3, -0.25) is 0 Å². The second kappa shape index (κ2) is 4.83. The SMILES string of the molecule is NCCC[C@@H](N)c1cc(O)ccc1O. The molecule has 1 aromatic carbocycles. The van der Waals surface area contributed by atoms with Gasteiger partial charge in [-0.15, -0.1) is 0 Å². The molecule has 0 aliphatic heterocycles. The number of nitrogens with two attached hydrogens (primary N) is 2. The van der Waals surface area contributed by atoms with Gasteiger partial charge in [-0.05, 0) is 37.6 Å². The number of hydrogen-bond donors (Lipinski definition) is 4. The summed E-state index contributed by atoms with van der Waals surface area (Å²) in [5.41, 5.74) is 11.7. The summed E-state index contributed by atoms with van der Waals surface area (Å²) in [4.78, 5) is 0. The van der Waals surface area contributed by atoms with Crippen molar-refractivity contribution in [2.45, 2.75) is 18.9 Å². The topological polar surface area (TPSA) is 92.5 Å². The van der Waals surface area contributed by atoms with Gasteiger partial charge in [0, 0.05) is 11.6 Å². The van der Waals surface area contributed by atoms with Crippen molar-refractivity contribution in [3.63, 3.8) is 0 Å². The minimum absolute atomic E-state index is 0.112. The molecule has 4 nitrogen and oxygen atoms in total. The Morgan fingerprint density at radius 2 is 2.00 bits per heavy atom. The monoisotopic (exact) mass is 196 g/mol. The number of hydrogen-bond acceptors (Lipinski definition) is 4. The van der Waals surface area contributed by atoms with Crippen molar-refractivity contribution in [1.82, 2.24) is 0 Å². The first-order chi connectivity index (χ1) is 6.65. The first-order valence-corrected chi connectivity index (χ1v) is 4.62. The van der Waals surface area contributed by atoms with Crippen LogP contribution in [0.4, 0.5) is 0 Å². The lowest BCUT2D eigenvalue weighted by atomic mass is 10.0. The Bertz CT molecular complexity index is 302. The summed E-state index contributed by atoms with van der Waals surface area (Å²) >= 11 is 0. The molecule has 0 fully saturated rings. The molecule has 0 saturated carbocycles. The summed E-state index contributed by atoms with van der Waals surface area (Å²) in [7, 11) is 0. The first kappa shape index (κ1) is 10.8. The molecule has 0 saturated heterocycles. The van der Waals surface area contributed by atoms with Crippen LogP contribution in [-0.4, -0.2) is 16.8 Å². The molecule has 14 heavy (non-hydrogen) atoms. The van der Waals surface area contributed by atoms with Crippen LogP contribution in [0.5, 0.6) is 11.5 Å². The molecule has 0 heterocycles. The van der Waals surface area contributed by atoms with E-state index in [1.807, 2.05) is 0 Å². The molecular weight excluding hydrogens is 180 g/mol. The van der Waals surface area contributed by atoms with Gasteiger partial charge in [0.1, 0.15) is 11.5 Å². The zero-order chi connectivity index (χ0) is 10.6. The van der Waals surface area contributed by atoms with Crippen molar-refractivity contribution in [3.05, 3.63) is 23.8 Å². The van der Waals surface area contributed by atoms with Gasteiger partial charge in [-0.25, -0.2) is 0 Å². The van der Waals surface area contributed by atoms with Crippen LogP contribution in [0, 0.1) is 0 Å². The second-order valence-electron chi connectivity index (χ2n) is 3.28. The molecule has 1 aromatic rings. The highest BCUT2D eigenvalue weighted by Crippen LogP contribution is 2.28. The molecule has 78 valence electrons. The van der Waals surface area contributed by atoms with E-state index in [1.54, 1.807) is 0 Å². The Morgan fingerprint density at radius 1 is 1.29 bits per heavy atom. The zero-order valence-electron chi connectivity index (χ0n) is 7.98. The third-order valence-corrected chi connectivity index (χ3v) is 2.13. The van der Waals surface area contributed by atoms with E-state index < -0.39 is 0 Å². The Labute approximate surface area is 83.2 Å². The Morgan fingerprint density at radius 3 is 2.64 bits per heavy atom. The van der Waals surface area contributed by atoms with E-state index in [1.165, 1.54) is 18.2 Å². The summed E-state index contributed by atoms with van der Waals surface area (Å²) in [6.45, 7) is 0.577. The van der Waals surface area contributed by atoms with E-state index in [2.05, 4.69) is 0 Å². The normalized spacial score (nSPS) is 12.7. The highest BCUT2D eigenvalue weighted by molar-refractivity contribution is 5.40. The summed E-state index contributed by atoms with van der Waals surface area (Å²) in [6, 6.07) is 4.07. The maximum absolute atomic E-state index is 9.48. The van der Waals surface area contributed by atoms with Crippen LogP contribution in [0.15, 0.2) is 18.2 Å². The minimum Gasteiger partial charge on any atom is -0.508 e. The van der Waals surface area contributed by atoms with Crippen molar-refractivity contribution >= 4 is 0 Å². The van der Waals surface area contributed by atoms with E-state index in [9.17, 15) is 10.2 Å². The molecule has 0 amide bonds. The third kappa shape index (κ3) is 2.61. The molecule has 0 aliphatic rings. The van der Waals surface area contributed by atoms with Gasteiger partial charge in [0.15, 0.2) is 0 Å². The quantitative estimate of drug-likeness (QED) is 0.537. The molecule has 0 radical (unpaired) electrons. The van der Waals surface area contributed by atoms with Gasteiger partial charge < -0.3 is 21.7 Å². The molecule has 0 aromatic heterocycles. The molecule has 1 rings (SSSR count). The fourth-order valence-electron chi connectivity index (χ4n) is 1.33. The van der Waals surface area contributed by atoms with Crippen LogP contribution in [0.3, 0.4) is 0 Å². The van der Waals surface area contributed by atoms with Gasteiger partial charge in [-0.2, -0.15) is 0 Å². The predicted octanol–water partition coefficient (Wildman–Crippen LogP) is 0.837. The molecule has 0 bridgehead atoms.